The molecule has 0 aromatic heterocycles. The number of alkyl halides is 4. The van der Waals surface area contributed by atoms with Crippen LogP contribution in [0.2, 0.25) is 0 Å². The minimum absolute atomic E-state index is 0.0112. The Hall–Kier alpha value is -2.75. The third-order valence-electron chi connectivity index (χ3n) is 2.96. The molecule has 0 radical (unpaired) electrons. The third-order valence-corrected chi connectivity index (χ3v) is 2.96. The summed E-state index contributed by atoms with van der Waals surface area (Å²) in [5.74, 6) is 4.70. The quantitative estimate of drug-likeness (QED) is 0.544. The van der Waals surface area contributed by atoms with Crippen molar-refractivity contribution in [2.24, 2.45) is 0 Å². The zero-order chi connectivity index (χ0) is 18.2. The molecule has 2 aromatic carbocycles. The van der Waals surface area contributed by atoms with Gasteiger partial charge in [-0.2, -0.15) is 8.78 Å². The molecule has 0 saturated carbocycles. The molecule has 0 unspecified atom stereocenters. The summed E-state index contributed by atoms with van der Waals surface area (Å²) in [7, 11) is 0. The van der Waals surface area contributed by atoms with Gasteiger partial charge in [0.15, 0.2) is 11.6 Å². The van der Waals surface area contributed by atoms with Crippen LogP contribution in [0.3, 0.4) is 0 Å². The zero-order valence-corrected chi connectivity index (χ0v) is 12.8. The maximum atomic E-state index is 13.6. The molecule has 2 nitrogen and oxygen atoms in total. The average molecular weight is 356 g/mol. The van der Waals surface area contributed by atoms with E-state index in [4.69, 9.17) is 4.74 Å². The molecule has 0 amide bonds. The Balaban J connectivity index is 2.06. The standard InChI is InChI=1S/C18H13F5O2/c19-15-8-5-13(11-16(15)24-10-9-17(20)21)2-1-12-3-6-14(7-4-12)25-18(22)23/h3-8,11,17-18H,9-10H2. The van der Waals surface area contributed by atoms with Gasteiger partial charge in [0.2, 0.25) is 6.43 Å². The molecule has 0 N–H and O–H groups in total. The van der Waals surface area contributed by atoms with Crippen LogP contribution >= 0.6 is 0 Å². The number of halogens is 5. The molecule has 0 fully saturated rings. The van der Waals surface area contributed by atoms with Gasteiger partial charge >= 0.3 is 6.61 Å². The van der Waals surface area contributed by atoms with Gasteiger partial charge in [-0.15, -0.1) is 0 Å². The molecular weight excluding hydrogens is 343 g/mol. The summed E-state index contributed by atoms with van der Waals surface area (Å²) in [4.78, 5) is 0. The topological polar surface area (TPSA) is 18.5 Å². The van der Waals surface area contributed by atoms with Crippen LogP contribution in [0.25, 0.3) is 0 Å². The second kappa shape index (κ2) is 8.92. The Morgan fingerprint density at radius 2 is 1.52 bits per heavy atom. The second-order valence-electron chi connectivity index (χ2n) is 4.83. The first-order valence-corrected chi connectivity index (χ1v) is 7.21. The van der Waals surface area contributed by atoms with Crippen LogP contribution < -0.4 is 9.47 Å². The number of hydrogen-bond acceptors (Lipinski definition) is 2. The van der Waals surface area contributed by atoms with E-state index in [1.807, 2.05) is 0 Å². The number of benzene rings is 2. The van der Waals surface area contributed by atoms with Gasteiger partial charge in [0.25, 0.3) is 0 Å². The summed E-state index contributed by atoms with van der Waals surface area (Å²) < 4.78 is 71.0. The summed E-state index contributed by atoms with van der Waals surface area (Å²) >= 11 is 0. The Labute approximate surface area is 141 Å². The predicted molar refractivity (Wildman–Crippen MR) is 81.6 cm³/mol. The van der Waals surface area contributed by atoms with Crippen LogP contribution in [0, 0.1) is 17.7 Å². The van der Waals surface area contributed by atoms with Crippen molar-refractivity contribution in [1.29, 1.82) is 0 Å². The first-order valence-electron chi connectivity index (χ1n) is 7.21. The van der Waals surface area contributed by atoms with Gasteiger partial charge in [0.05, 0.1) is 6.61 Å². The highest BCUT2D eigenvalue weighted by Crippen LogP contribution is 2.19. The van der Waals surface area contributed by atoms with E-state index >= 15 is 0 Å². The lowest BCUT2D eigenvalue weighted by molar-refractivity contribution is -0.0498. The van der Waals surface area contributed by atoms with Crippen molar-refractivity contribution < 1.29 is 31.4 Å². The van der Waals surface area contributed by atoms with Crippen molar-refractivity contribution in [1.82, 2.24) is 0 Å². The van der Waals surface area contributed by atoms with E-state index < -0.39 is 25.3 Å². The lowest BCUT2D eigenvalue weighted by Crippen LogP contribution is -2.04. The molecule has 132 valence electrons. The Kier molecular flexibility index (Phi) is 6.63. The predicted octanol–water partition coefficient (Wildman–Crippen LogP) is 4.86. The van der Waals surface area contributed by atoms with Crippen LogP contribution in [-0.4, -0.2) is 19.6 Å². The second-order valence-corrected chi connectivity index (χ2v) is 4.83. The molecule has 0 aliphatic carbocycles. The van der Waals surface area contributed by atoms with E-state index in [0.29, 0.717) is 11.1 Å². The highest BCUT2D eigenvalue weighted by molar-refractivity contribution is 5.46. The van der Waals surface area contributed by atoms with E-state index in [0.717, 1.165) is 6.07 Å². The van der Waals surface area contributed by atoms with Crippen LogP contribution in [-0.2, 0) is 0 Å². The molecule has 0 aliphatic heterocycles. The van der Waals surface area contributed by atoms with Gasteiger partial charge in [0.1, 0.15) is 5.75 Å². The maximum absolute atomic E-state index is 13.6. The zero-order valence-electron chi connectivity index (χ0n) is 12.8. The van der Waals surface area contributed by atoms with Crippen molar-refractivity contribution in [3.63, 3.8) is 0 Å². The smallest absolute Gasteiger partial charge is 0.387 e. The molecule has 0 aliphatic rings. The minimum atomic E-state index is -2.90. The number of hydrogen-bond donors (Lipinski definition) is 0. The first kappa shape index (κ1) is 18.6. The molecule has 0 spiro atoms. The summed E-state index contributed by atoms with van der Waals surface area (Å²) in [6, 6.07) is 9.53. The van der Waals surface area contributed by atoms with Gasteiger partial charge < -0.3 is 9.47 Å². The largest absolute Gasteiger partial charge is 0.490 e. The first-order chi connectivity index (χ1) is 11.9. The molecule has 0 saturated heterocycles. The molecule has 0 bridgehead atoms. The molecule has 0 heterocycles. The van der Waals surface area contributed by atoms with Crippen molar-refractivity contribution >= 4 is 0 Å². The van der Waals surface area contributed by atoms with Gasteiger partial charge in [0, 0.05) is 17.5 Å². The third kappa shape index (κ3) is 6.34. The fourth-order valence-corrected chi connectivity index (χ4v) is 1.81. The van der Waals surface area contributed by atoms with E-state index in [-0.39, 0.29) is 18.1 Å². The van der Waals surface area contributed by atoms with Crippen molar-refractivity contribution in [3.8, 4) is 23.3 Å². The molecule has 7 heteroatoms. The monoisotopic (exact) mass is 356 g/mol. The van der Waals surface area contributed by atoms with Crippen LogP contribution in [0.4, 0.5) is 22.0 Å². The molecular formula is C18H13F5O2. The fraction of sp³-hybridized carbons (Fsp3) is 0.222. The van der Waals surface area contributed by atoms with E-state index in [1.165, 1.54) is 36.4 Å². The summed E-state index contributed by atoms with van der Waals surface area (Å²) in [6.45, 7) is -3.21. The highest BCUT2D eigenvalue weighted by atomic mass is 19.3. The SMILES string of the molecule is Fc1ccc(C#Cc2ccc(OC(F)F)cc2)cc1OCCC(F)F. The van der Waals surface area contributed by atoms with Gasteiger partial charge in [-0.3, -0.25) is 0 Å². The lowest BCUT2D eigenvalue weighted by atomic mass is 10.1. The van der Waals surface area contributed by atoms with Crippen molar-refractivity contribution in [2.75, 3.05) is 6.61 Å². The number of rotatable bonds is 6. The average Bonchev–Trinajstić information content (AvgIpc) is 2.56. The van der Waals surface area contributed by atoms with E-state index in [2.05, 4.69) is 16.6 Å². The Morgan fingerprint density at radius 3 is 2.16 bits per heavy atom. The van der Waals surface area contributed by atoms with Gasteiger partial charge in [-0.25, -0.2) is 13.2 Å². The van der Waals surface area contributed by atoms with E-state index in [9.17, 15) is 22.0 Å². The minimum Gasteiger partial charge on any atom is -0.490 e. The van der Waals surface area contributed by atoms with Gasteiger partial charge in [-0.1, -0.05) is 11.8 Å². The normalized spacial score (nSPS) is 10.5. The van der Waals surface area contributed by atoms with Crippen LogP contribution in [0.15, 0.2) is 42.5 Å². The van der Waals surface area contributed by atoms with Crippen molar-refractivity contribution in [3.05, 3.63) is 59.4 Å². The number of ether oxygens (including phenoxy) is 2. The molecule has 0 atom stereocenters. The fourth-order valence-electron chi connectivity index (χ4n) is 1.81. The summed E-state index contributed by atoms with van der Waals surface area (Å²) in [5.41, 5.74) is 0.951. The van der Waals surface area contributed by atoms with Gasteiger partial charge in [-0.05, 0) is 42.5 Å². The molecule has 25 heavy (non-hydrogen) atoms. The lowest BCUT2D eigenvalue weighted by Gasteiger charge is -2.07. The van der Waals surface area contributed by atoms with Crippen LogP contribution in [0.1, 0.15) is 17.5 Å². The van der Waals surface area contributed by atoms with E-state index in [1.54, 1.807) is 0 Å². The molecule has 2 rings (SSSR count). The Morgan fingerprint density at radius 1 is 0.880 bits per heavy atom. The summed E-state index contributed by atoms with van der Waals surface area (Å²) in [6.07, 6.45) is -3.02. The maximum Gasteiger partial charge on any atom is 0.387 e. The summed E-state index contributed by atoms with van der Waals surface area (Å²) in [5, 5.41) is 0. The Bertz CT molecular complexity index is 748. The van der Waals surface area contributed by atoms with Crippen LogP contribution in [0.5, 0.6) is 11.5 Å². The molecule has 2 aromatic rings. The highest BCUT2D eigenvalue weighted by Gasteiger charge is 2.07. The van der Waals surface area contributed by atoms with Crippen molar-refractivity contribution in [2.45, 2.75) is 19.5 Å².